The van der Waals surface area contributed by atoms with Crippen molar-refractivity contribution in [1.82, 2.24) is 15.3 Å². The third-order valence-electron chi connectivity index (χ3n) is 4.22. The zero-order chi connectivity index (χ0) is 19.8. The van der Waals surface area contributed by atoms with Gasteiger partial charge in [0.1, 0.15) is 11.4 Å². The summed E-state index contributed by atoms with van der Waals surface area (Å²) < 4.78 is 10.8. The van der Waals surface area contributed by atoms with Gasteiger partial charge in [0.05, 0.1) is 18.9 Å². The molecule has 2 amide bonds. The van der Waals surface area contributed by atoms with E-state index in [1.165, 1.54) is 0 Å². The molecule has 0 bridgehead atoms. The van der Waals surface area contributed by atoms with Gasteiger partial charge in [-0.25, -0.2) is 5.43 Å². The molecule has 1 aliphatic rings. The summed E-state index contributed by atoms with van der Waals surface area (Å²) in [5.41, 5.74) is 4.25. The fraction of sp³-hybridized carbons (Fsp3) is 0.300. The van der Waals surface area contributed by atoms with Crippen molar-refractivity contribution in [2.45, 2.75) is 6.92 Å². The van der Waals surface area contributed by atoms with Crippen molar-refractivity contribution in [3.8, 4) is 5.75 Å². The van der Waals surface area contributed by atoms with Gasteiger partial charge in [0, 0.05) is 19.3 Å². The number of nitrogens with one attached hydrogen (secondary N) is 1. The average molecular weight is 382 g/mol. The minimum Gasteiger partial charge on any atom is -0.484 e. The van der Waals surface area contributed by atoms with Crippen LogP contribution in [0.15, 0.2) is 53.8 Å². The number of amides is 2. The lowest BCUT2D eigenvalue weighted by Gasteiger charge is -2.26. The Labute approximate surface area is 163 Å². The standard InChI is InChI=1S/C20H22N4O4/c1-15(22-23-20(26)18-4-2-3-9-21-18)16-5-7-17(8-6-16)28-14-19(25)24-10-12-27-13-11-24/h2-9H,10-14H2,1H3,(H,23,26)/b22-15-. The number of ether oxygens (including phenoxy) is 2. The van der Waals surface area contributed by atoms with Crippen LogP contribution in [0.5, 0.6) is 5.75 Å². The van der Waals surface area contributed by atoms with Gasteiger partial charge < -0.3 is 14.4 Å². The van der Waals surface area contributed by atoms with Crippen molar-refractivity contribution in [2.24, 2.45) is 5.10 Å². The Kier molecular flexibility index (Phi) is 6.69. The highest BCUT2D eigenvalue weighted by atomic mass is 16.5. The molecule has 1 fully saturated rings. The van der Waals surface area contributed by atoms with Crippen LogP contribution in [-0.2, 0) is 9.53 Å². The van der Waals surface area contributed by atoms with Crippen LogP contribution in [0.4, 0.5) is 0 Å². The van der Waals surface area contributed by atoms with Gasteiger partial charge in [-0.1, -0.05) is 6.07 Å². The molecule has 0 radical (unpaired) electrons. The topological polar surface area (TPSA) is 93.1 Å². The fourth-order valence-corrected chi connectivity index (χ4v) is 2.59. The monoisotopic (exact) mass is 382 g/mol. The van der Waals surface area contributed by atoms with E-state index in [-0.39, 0.29) is 18.4 Å². The summed E-state index contributed by atoms with van der Waals surface area (Å²) in [5.74, 6) is 0.166. The first-order valence-electron chi connectivity index (χ1n) is 8.98. The van der Waals surface area contributed by atoms with Crippen LogP contribution >= 0.6 is 0 Å². The zero-order valence-corrected chi connectivity index (χ0v) is 15.6. The number of benzene rings is 1. The Hall–Kier alpha value is -3.26. The number of carbonyl (C=O) groups is 2. The summed E-state index contributed by atoms with van der Waals surface area (Å²) in [5, 5.41) is 4.10. The van der Waals surface area contributed by atoms with E-state index >= 15 is 0 Å². The second kappa shape index (κ2) is 9.61. The van der Waals surface area contributed by atoms with Crippen molar-refractivity contribution in [3.63, 3.8) is 0 Å². The smallest absolute Gasteiger partial charge is 0.289 e. The Morgan fingerprint density at radius 2 is 1.93 bits per heavy atom. The normalized spacial score (nSPS) is 14.5. The van der Waals surface area contributed by atoms with Gasteiger partial charge in [0.15, 0.2) is 6.61 Å². The number of pyridine rings is 1. The maximum Gasteiger partial charge on any atom is 0.289 e. The molecule has 0 spiro atoms. The summed E-state index contributed by atoms with van der Waals surface area (Å²) in [7, 11) is 0. The zero-order valence-electron chi connectivity index (χ0n) is 15.6. The van der Waals surface area contributed by atoms with Crippen molar-refractivity contribution < 1.29 is 19.1 Å². The highest BCUT2D eigenvalue weighted by Gasteiger charge is 2.17. The Bertz CT molecular complexity index is 831. The molecule has 8 heteroatoms. The van der Waals surface area contributed by atoms with Crippen LogP contribution in [-0.4, -0.2) is 60.3 Å². The summed E-state index contributed by atoms with van der Waals surface area (Å²) >= 11 is 0. The van der Waals surface area contributed by atoms with Crippen molar-refractivity contribution in [1.29, 1.82) is 0 Å². The summed E-state index contributed by atoms with van der Waals surface area (Å²) in [4.78, 5) is 29.8. The second-order valence-electron chi connectivity index (χ2n) is 6.16. The average Bonchev–Trinajstić information content (AvgIpc) is 2.77. The van der Waals surface area contributed by atoms with Gasteiger partial charge >= 0.3 is 0 Å². The first kappa shape index (κ1) is 19.5. The minimum atomic E-state index is -0.374. The van der Waals surface area contributed by atoms with Crippen molar-refractivity contribution >= 4 is 17.5 Å². The molecule has 1 N–H and O–H groups in total. The van der Waals surface area contributed by atoms with E-state index in [1.54, 1.807) is 48.4 Å². The number of morpholine rings is 1. The number of hydrogen-bond acceptors (Lipinski definition) is 6. The fourth-order valence-electron chi connectivity index (χ4n) is 2.59. The van der Waals surface area contributed by atoms with Gasteiger partial charge in [-0.05, 0) is 48.9 Å². The molecule has 0 aliphatic carbocycles. The Morgan fingerprint density at radius 1 is 1.18 bits per heavy atom. The molecule has 0 saturated carbocycles. The second-order valence-corrected chi connectivity index (χ2v) is 6.16. The number of hydrazone groups is 1. The van der Waals surface area contributed by atoms with Gasteiger partial charge in [-0.2, -0.15) is 5.10 Å². The van der Waals surface area contributed by atoms with Crippen LogP contribution in [0.2, 0.25) is 0 Å². The van der Waals surface area contributed by atoms with Gasteiger partial charge in [-0.15, -0.1) is 0 Å². The molecule has 1 saturated heterocycles. The number of hydrogen-bond donors (Lipinski definition) is 1. The highest BCUT2D eigenvalue weighted by molar-refractivity contribution is 6.00. The first-order chi connectivity index (χ1) is 13.6. The van der Waals surface area contributed by atoms with E-state index in [9.17, 15) is 9.59 Å². The van der Waals surface area contributed by atoms with Gasteiger partial charge in [0.25, 0.3) is 11.8 Å². The molecule has 2 heterocycles. The molecule has 0 atom stereocenters. The molecule has 1 aromatic heterocycles. The third-order valence-corrected chi connectivity index (χ3v) is 4.22. The number of aromatic nitrogens is 1. The predicted octanol–water partition coefficient (Wildman–Crippen LogP) is 1.47. The van der Waals surface area contributed by atoms with E-state index in [0.717, 1.165) is 5.56 Å². The van der Waals surface area contributed by atoms with E-state index in [2.05, 4.69) is 15.5 Å². The van der Waals surface area contributed by atoms with Crippen LogP contribution in [0, 0.1) is 0 Å². The van der Waals surface area contributed by atoms with Gasteiger partial charge in [0.2, 0.25) is 0 Å². The third kappa shape index (κ3) is 5.37. The number of rotatable bonds is 6. The Morgan fingerprint density at radius 3 is 2.61 bits per heavy atom. The highest BCUT2D eigenvalue weighted by Crippen LogP contribution is 2.13. The summed E-state index contributed by atoms with van der Waals surface area (Å²) in [6, 6.07) is 12.3. The quantitative estimate of drug-likeness (QED) is 0.603. The first-order valence-corrected chi connectivity index (χ1v) is 8.98. The molecule has 28 heavy (non-hydrogen) atoms. The van der Waals surface area contributed by atoms with E-state index < -0.39 is 0 Å². The molecular weight excluding hydrogens is 360 g/mol. The van der Waals surface area contributed by atoms with Crippen molar-refractivity contribution in [2.75, 3.05) is 32.9 Å². The van der Waals surface area contributed by atoms with Gasteiger partial charge in [-0.3, -0.25) is 14.6 Å². The number of carbonyl (C=O) groups excluding carboxylic acids is 2. The van der Waals surface area contributed by atoms with Crippen LogP contribution in [0.3, 0.4) is 0 Å². The molecule has 146 valence electrons. The number of nitrogens with zero attached hydrogens (tertiary/aromatic N) is 3. The van der Waals surface area contributed by atoms with Crippen LogP contribution in [0.25, 0.3) is 0 Å². The van der Waals surface area contributed by atoms with E-state index in [1.807, 2.05) is 12.1 Å². The van der Waals surface area contributed by atoms with Crippen molar-refractivity contribution in [3.05, 3.63) is 59.9 Å². The van der Waals surface area contributed by atoms with Crippen LogP contribution in [0.1, 0.15) is 23.0 Å². The SMILES string of the molecule is C/C(=N/NC(=O)c1ccccn1)c1ccc(OCC(=O)N2CCOCC2)cc1. The maximum absolute atomic E-state index is 12.1. The van der Waals surface area contributed by atoms with Crippen LogP contribution < -0.4 is 10.2 Å². The molecule has 0 unspecified atom stereocenters. The van der Waals surface area contributed by atoms with E-state index in [0.29, 0.717) is 43.5 Å². The lowest BCUT2D eigenvalue weighted by atomic mass is 10.1. The molecule has 8 nitrogen and oxygen atoms in total. The molecular formula is C20H22N4O4. The largest absolute Gasteiger partial charge is 0.484 e. The lowest BCUT2D eigenvalue weighted by Crippen LogP contribution is -2.42. The summed E-state index contributed by atoms with van der Waals surface area (Å²) in [6.45, 7) is 4.11. The predicted molar refractivity (Wildman–Crippen MR) is 103 cm³/mol. The minimum absolute atomic E-state index is 0.00739. The molecule has 2 aromatic rings. The Balaban J connectivity index is 1.51. The summed E-state index contributed by atoms with van der Waals surface area (Å²) in [6.07, 6.45) is 1.55. The molecule has 1 aliphatic heterocycles. The maximum atomic E-state index is 12.1. The molecule has 3 rings (SSSR count). The lowest BCUT2D eigenvalue weighted by molar-refractivity contribution is -0.137. The van der Waals surface area contributed by atoms with E-state index in [4.69, 9.17) is 9.47 Å². The molecule has 1 aromatic carbocycles.